The molecule has 20 heavy (non-hydrogen) atoms. The number of aliphatic hydroxyl groups excluding tert-OH is 1. The van der Waals surface area contributed by atoms with E-state index in [0.29, 0.717) is 12.0 Å². The van der Waals surface area contributed by atoms with Crippen LogP contribution in [0, 0.1) is 12.8 Å². The van der Waals surface area contributed by atoms with Crippen LogP contribution in [0.4, 0.5) is 0 Å². The Morgan fingerprint density at radius 1 is 1.30 bits per heavy atom. The van der Waals surface area contributed by atoms with Crippen molar-refractivity contribution in [3.8, 4) is 0 Å². The summed E-state index contributed by atoms with van der Waals surface area (Å²) >= 11 is 0. The third-order valence-electron chi connectivity index (χ3n) is 4.58. The molecule has 1 N–H and O–H groups in total. The quantitative estimate of drug-likeness (QED) is 0.894. The van der Waals surface area contributed by atoms with Crippen molar-refractivity contribution >= 4 is 0 Å². The molecule has 1 aromatic carbocycles. The highest BCUT2D eigenvalue weighted by Gasteiger charge is 2.30. The Labute approximate surface area is 123 Å². The second-order valence-corrected chi connectivity index (χ2v) is 6.43. The molecule has 2 rings (SSSR count). The van der Waals surface area contributed by atoms with Crippen molar-refractivity contribution in [3.05, 3.63) is 35.4 Å². The molecule has 0 saturated carbocycles. The molecule has 3 heteroatoms. The zero-order chi connectivity index (χ0) is 14.7. The number of nitrogens with zero attached hydrogens (tertiary/aromatic N) is 2. The summed E-state index contributed by atoms with van der Waals surface area (Å²) in [6, 6.07) is 8.78. The number of rotatable bonds is 5. The molecule has 1 fully saturated rings. The van der Waals surface area contributed by atoms with E-state index in [9.17, 15) is 5.11 Å². The Morgan fingerprint density at radius 3 is 2.60 bits per heavy atom. The molecule has 3 unspecified atom stereocenters. The van der Waals surface area contributed by atoms with Gasteiger partial charge in [0.15, 0.2) is 0 Å². The van der Waals surface area contributed by atoms with Gasteiger partial charge in [-0.15, -0.1) is 0 Å². The van der Waals surface area contributed by atoms with Gasteiger partial charge in [-0.25, -0.2) is 0 Å². The van der Waals surface area contributed by atoms with Gasteiger partial charge in [0.05, 0.1) is 6.10 Å². The molecule has 1 aliphatic heterocycles. The molecule has 1 saturated heterocycles. The van der Waals surface area contributed by atoms with Gasteiger partial charge in [-0.3, -0.25) is 0 Å². The maximum absolute atomic E-state index is 10.4. The lowest BCUT2D eigenvalue weighted by Crippen LogP contribution is -2.34. The van der Waals surface area contributed by atoms with E-state index in [4.69, 9.17) is 0 Å². The maximum atomic E-state index is 10.4. The van der Waals surface area contributed by atoms with Crippen LogP contribution < -0.4 is 0 Å². The summed E-state index contributed by atoms with van der Waals surface area (Å²) in [5.41, 5.74) is 2.25. The van der Waals surface area contributed by atoms with Crippen molar-refractivity contribution in [2.75, 3.05) is 33.7 Å². The summed E-state index contributed by atoms with van der Waals surface area (Å²) in [5, 5.41) is 10.4. The normalized spacial score (nSPS) is 25.3. The minimum atomic E-state index is -0.343. The van der Waals surface area contributed by atoms with Gasteiger partial charge in [-0.1, -0.05) is 31.2 Å². The van der Waals surface area contributed by atoms with Gasteiger partial charge in [0.1, 0.15) is 0 Å². The SMILES string of the molecule is Cc1ccccc1C(O)CCN1CC(C)C(N(C)C)C1. The second-order valence-electron chi connectivity index (χ2n) is 6.43. The summed E-state index contributed by atoms with van der Waals surface area (Å²) < 4.78 is 0. The Bertz CT molecular complexity index is 433. The van der Waals surface area contributed by atoms with Gasteiger partial charge < -0.3 is 14.9 Å². The molecule has 112 valence electrons. The molecule has 1 heterocycles. The number of likely N-dealkylation sites (N-methyl/N-ethyl adjacent to an activating group) is 1. The molecule has 1 aromatic rings. The predicted octanol–water partition coefficient (Wildman–Crippen LogP) is 2.30. The zero-order valence-corrected chi connectivity index (χ0v) is 13.2. The standard InChI is InChI=1S/C17H28N2O/c1-13-7-5-6-8-15(13)17(20)9-10-19-11-14(2)16(12-19)18(3)4/h5-8,14,16-17,20H,9-12H2,1-4H3. The number of aryl methyl sites for hydroxylation is 1. The smallest absolute Gasteiger partial charge is 0.0804 e. The van der Waals surface area contributed by atoms with Crippen LogP contribution in [0.15, 0.2) is 24.3 Å². The van der Waals surface area contributed by atoms with E-state index < -0.39 is 0 Å². The molecule has 1 aliphatic rings. The molecular weight excluding hydrogens is 248 g/mol. The Balaban J connectivity index is 1.86. The minimum absolute atomic E-state index is 0.343. The average Bonchev–Trinajstić information content (AvgIpc) is 2.78. The number of hydrogen-bond acceptors (Lipinski definition) is 3. The first-order chi connectivity index (χ1) is 9.49. The highest BCUT2D eigenvalue weighted by Crippen LogP contribution is 2.24. The summed E-state index contributed by atoms with van der Waals surface area (Å²) in [7, 11) is 4.32. The largest absolute Gasteiger partial charge is 0.388 e. The van der Waals surface area contributed by atoms with Gasteiger partial charge >= 0.3 is 0 Å². The van der Waals surface area contributed by atoms with E-state index in [1.807, 2.05) is 18.2 Å². The number of hydrogen-bond donors (Lipinski definition) is 1. The molecule has 0 amide bonds. The molecule has 0 radical (unpaired) electrons. The first kappa shape index (κ1) is 15.5. The van der Waals surface area contributed by atoms with Crippen molar-refractivity contribution in [1.29, 1.82) is 0 Å². The monoisotopic (exact) mass is 276 g/mol. The fourth-order valence-corrected chi connectivity index (χ4v) is 3.32. The fourth-order valence-electron chi connectivity index (χ4n) is 3.32. The molecule has 0 aliphatic carbocycles. The lowest BCUT2D eigenvalue weighted by atomic mass is 10.0. The maximum Gasteiger partial charge on any atom is 0.0804 e. The first-order valence-corrected chi connectivity index (χ1v) is 7.61. The zero-order valence-electron chi connectivity index (χ0n) is 13.2. The van der Waals surface area contributed by atoms with Crippen LogP contribution in [-0.4, -0.2) is 54.7 Å². The minimum Gasteiger partial charge on any atom is -0.388 e. The number of likely N-dealkylation sites (tertiary alicyclic amines) is 1. The highest BCUT2D eigenvalue weighted by atomic mass is 16.3. The fraction of sp³-hybridized carbons (Fsp3) is 0.647. The molecule has 0 aromatic heterocycles. The first-order valence-electron chi connectivity index (χ1n) is 7.61. The van der Waals surface area contributed by atoms with Gasteiger partial charge in [0.2, 0.25) is 0 Å². The second kappa shape index (κ2) is 6.70. The van der Waals surface area contributed by atoms with Crippen LogP contribution in [0.1, 0.15) is 30.6 Å². The van der Waals surface area contributed by atoms with Gasteiger partial charge in [0.25, 0.3) is 0 Å². The highest BCUT2D eigenvalue weighted by molar-refractivity contribution is 5.27. The third kappa shape index (κ3) is 3.60. The predicted molar refractivity (Wildman–Crippen MR) is 83.8 cm³/mol. The van der Waals surface area contributed by atoms with Crippen molar-refractivity contribution in [3.63, 3.8) is 0 Å². The van der Waals surface area contributed by atoms with Crippen LogP contribution in [0.5, 0.6) is 0 Å². The summed E-state index contributed by atoms with van der Waals surface area (Å²) in [6.45, 7) is 7.63. The van der Waals surface area contributed by atoms with E-state index in [-0.39, 0.29) is 6.10 Å². The average molecular weight is 276 g/mol. The van der Waals surface area contributed by atoms with E-state index in [1.54, 1.807) is 0 Å². The third-order valence-corrected chi connectivity index (χ3v) is 4.58. The van der Waals surface area contributed by atoms with E-state index >= 15 is 0 Å². The van der Waals surface area contributed by atoms with Crippen molar-refractivity contribution in [2.24, 2.45) is 5.92 Å². The molecule has 3 atom stereocenters. The Morgan fingerprint density at radius 2 is 2.00 bits per heavy atom. The topological polar surface area (TPSA) is 26.7 Å². The Hall–Kier alpha value is -0.900. The summed E-state index contributed by atoms with van der Waals surface area (Å²) in [6.07, 6.45) is 0.475. The van der Waals surface area contributed by atoms with Crippen LogP contribution in [0.3, 0.4) is 0 Å². The Kier molecular flexibility index (Phi) is 5.19. The molecule has 0 spiro atoms. The van der Waals surface area contributed by atoms with Crippen LogP contribution in [0.2, 0.25) is 0 Å². The molecule has 0 bridgehead atoms. The number of aliphatic hydroxyl groups is 1. The van der Waals surface area contributed by atoms with E-state index in [0.717, 1.165) is 31.6 Å². The summed E-state index contributed by atoms with van der Waals surface area (Å²) in [5.74, 6) is 0.709. The van der Waals surface area contributed by atoms with Crippen molar-refractivity contribution < 1.29 is 5.11 Å². The van der Waals surface area contributed by atoms with E-state index in [1.165, 1.54) is 5.56 Å². The molecular formula is C17H28N2O. The van der Waals surface area contributed by atoms with E-state index in [2.05, 4.69) is 43.8 Å². The van der Waals surface area contributed by atoms with Gasteiger partial charge in [-0.2, -0.15) is 0 Å². The van der Waals surface area contributed by atoms with Crippen LogP contribution in [0.25, 0.3) is 0 Å². The lowest BCUT2D eigenvalue weighted by Gasteiger charge is -2.23. The van der Waals surface area contributed by atoms with Crippen molar-refractivity contribution in [1.82, 2.24) is 9.80 Å². The van der Waals surface area contributed by atoms with Gasteiger partial charge in [0, 0.05) is 25.7 Å². The molecule has 3 nitrogen and oxygen atoms in total. The number of benzene rings is 1. The van der Waals surface area contributed by atoms with Crippen LogP contribution >= 0.6 is 0 Å². The lowest BCUT2D eigenvalue weighted by molar-refractivity contribution is 0.146. The van der Waals surface area contributed by atoms with Crippen LogP contribution in [-0.2, 0) is 0 Å². The van der Waals surface area contributed by atoms with Gasteiger partial charge in [-0.05, 0) is 44.5 Å². The summed E-state index contributed by atoms with van der Waals surface area (Å²) in [4.78, 5) is 4.80. The van der Waals surface area contributed by atoms with Crippen molar-refractivity contribution in [2.45, 2.75) is 32.4 Å².